The zero-order valence-electron chi connectivity index (χ0n) is 20.0. The molecule has 0 spiro atoms. The van der Waals surface area contributed by atoms with Gasteiger partial charge in [0.15, 0.2) is 0 Å². The van der Waals surface area contributed by atoms with Crippen LogP contribution >= 0.6 is 0 Å². The van der Waals surface area contributed by atoms with Crippen LogP contribution < -0.4 is 5.32 Å². The summed E-state index contributed by atoms with van der Waals surface area (Å²) in [4.78, 5) is 39.5. The van der Waals surface area contributed by atoms with Gasteiger partial charge in [0.05, 0.1) is 5.41 Å². The summed E-state index contributed by atoms with van der Waals surface area (Å²) in [7, 11) is 0. The Morgan fingerprint density at radius 1 is 1.09 bits per heavy atom. The van der Waals surface area contributed by atoms with Crippen molar-refractivity contribution in [1.29, 1.82) is 0 Å². The summed E-state index contributed by atoms with van der Waals surface area (Å²) in [6.07, 6.45) is 0.571. The van der Waals surface area contributed by atoms with Gasteiger partial charge in [0.1, 0.15) is 12.1 Å². The minimum Gasteiger partial charge on any atom is -0.481 e. The van der Waals surface area contributed by atoms with E-state index in [1.54, 1.807) is 11.8 Å². The molecule has 2 unspecified atom stereocenters. The highest BCUT2D eigenvalue weighted by Gasteiger charge is 2.48. The van der Waals surface area contributed by atoms with Crippen molar-refractivity contribution >= 4 is 18.0 Å². The third kappa shape index (κ3) is 4.04. The van der Waals surface area contributed by atoms with Crippen molar-refractivity contribution in [3.63, 3.8) is 0 Å². The van der Waals surface area contributed by atoms with Crippen LogP contribution in [-0.4, -0.2) is 53.2 Å². The Labute approximate surface area is 200 Å². The van der Waals surface area contributed by atoms with E-state index in [2.05, 4.69) is 29.6 Å². The second-order valence-corrected chi connectivity index (χ2v) is 9.55. The van der Waals surface area contributed by atoms with Gasteiger partial charge in [-0.3, -0.25) is 9.59 Å². The minimum absolute atomic E-state index is 0.0685. The molecule has 1 aliphatic carbocycles. The number of hydrogen-bond donors (Lipinski definition) is 2. The second-order valence-electron chi connectivity index (χ2n) is 9.55. The number of hydrogen-bond acceptors (Lipinski definition) is 4. The Balaban J connectivity index is 1.43. The van der Waals surface area contributed by atoms with Crippen LogP contribution in [0.25, 0.3) is 11.1 Å². The van der Waals surface area contributed by atoms with Crippen molar-refractivity contribution in [2.24, 2.45) is 5.41 Å². The van der Waals surface area contributed by atoms with Crippen molar-refractivity contribution in [2.75, 3.05) is 19.7 Å². The molecule has 0 radical (unpaired) electrons. The predicted octanol–water partition coefficient (Wildman–Crippen LogP) is 4.41. The van der Waals surface area contributed by atoms with E-state index >= 15 is 0 Å². The van der Waals surface area contributed by atoms with Gasteiger partial charge in [-0.1, -0.05) is 62.4 Å². The standard InChI is InChI=1S/C27H32N2O5/c1-4-26(3,23(30)29-15-14-27(5-2,17-29)24(31)32)28-25(33)34-16-22-20-12-8-6-10-18(20)19-11-7-9-13-21(19)22/h6-13,22H,4-5,14-17H2,1-3H3,(H,28,33)(H,31,32). The Kier molecular flexibility index (Phi) is 6.39. The highest BCUT2D eigenvalue weighted by atomic mass is 16.5. The molecule has 180 valence electrons. The minimum atomic E-state index is -1.18. The number of rotatable bonds is 7. The number of likely N-dealkylation sites (tertiary alicyclic amines) is 1. The molecule has 34 heavy (non-hydrogen) atoms. The molecule has 2 aromatic carbocycles. The summed E-state index contributed by atoms with van der Waals surface area (Å²) in [6, 6.07) is 16.2. The van der Waals surface area contributed by atoms with Gasteiger partial charge in [-0.15, -0.1) is 0 Å². The number of carboxylic acids is 1. The molecule has 0 bridgehead atoms. The van der Waals surface area contributed by atoms with Crippen LogP contribution in [0, 0.1) is 5.41 Å². The van der Waals surface area contributed by atoms with Crippen molar-refractivity contribution in [1.82, 2.24) is 10.2 Å². The number of nitrogens with zero attached hydrogens (tertiary/aromatic N) is 1. The van der Waals surface area contributed by atoms with Crippen LogP contribution in [0.3, 0.4) is 0 Å². The van der Waals surface area contributed by atoms with Crippen LogP contribution in [-0.2, 0) is 14.3 Å². The number of nitrogens with one attached hydrogen (secondary N) is 1. The molecule has 2 aliphatic rings. The monoisotopic (exact) mass is 464 g/mol. The van der Waals surface area contributed by atoms with Crippen molar-refractivity contribution in [2.45, 2.75) is 51.5 Å². The maximum Gasteiger partial charge on any atom is 0.408 e. The van der Waals surface area contributed by atoms with Crippen LogP contribution in [0.4, 0.5) is 4.79 Å². The Hall–Kier alpha value is -3.35. The zero-order chi connectivity index (χ0) is 24.5. The molecule has 1 fully saturated rings. The fourth-order valence-corrected chi connectivity index (χ4v) is 5.16. The zero-order valence-corrected chi connectivity index (χ0v) is 20.0. The SMILES string of the molecule is CCC1(C(=O)O)CCN(C(=O)C(C)(CC)NC(=O)OCC2c3ccccc3-c3ccccc32)C1. The Morgan fingerprint density at radius 2 is 1.68 bits per heavy atom. The largest absolute Gasteiger partial charge is 0.481 e. The molecular weight excluding hydrogens is 432 g/mol. The first-order valence-electron chi connectivity index (χ1n) is 11.9. The van der Waals surface area contributed by atoms with Gasteiger partial charge in [0.2, 0.25) is 5.91 Å². The molecule has 4 rings (SSSR count). The lowest BCUT2D eigenvalue weighted by molar-refractivity contribution is -0.149. The van der Waals surface area contributed by atoms with Crippen LogP contribution in [0.1, 0.15) is 57.1 Å². The molecule has 7 nitrogen and oxygen atoms in total. The number of carbonyl (C=O) groups excluding carboxylic acids is 2. The fraction of sp³-hybridized carbons (Fsp3) is 0.444. The third-order valence-electron chi connectivity index (χ3n) is 7.67. The lowest BCUT2D eigenvalue weighted by Gasteiger charge is -2.33. The molecule has 2 atom stereocenters. The number of aliphatic carboxylic acids is 1. The Bertz CT molecular complexity index is 1070. The van der Waals surface area contributed by atoms with Crippen molar-refractivity contribution < 1.29 is 24.2 Å². The maximum absolute atomic E-state index is 13.3. The first kappa shape index (κ1) is 23.8. The summed E-state index contributed by atoms with van der Waals surface area (Å²) in [5, 5.41) is 12.4. The molecule has 1 aliphatic heterocycles. The van der Waals surface area contributed by atoms with E-state index in [4.69, 9.17) is 4.74 Å². The van der Waals surface area contributed by atoms with Gasteiger partial charge in [-0.2, -0.15) is 0 Å². The van der Waals surface area contributed by atoms with Crippen molar-refractivity contribution in [3.05, 3.63) is 59.7 Å². The number of ether oxygens (including phenoxy) is 1. The molecule has 2 N–H and O–H groups in total. The highest BCUT2D eigenvalue weighted by Crippen LogP contribution is 2.44. The number of benzene rings is 2. The van der Waals surface area contributed by atoms with Gasteiger partial charge >= 0.3 is 12.1 Å². The number of amides is 2. The van der Waals surface area contributed by atoms with E-state index in [1.807, 2.05) is 38.1 Å². The summed E-state index contributed by atoms with van der Waals surface area (Å²) < 4.78 is 5.64. The molecule has 7 heteroatoms. The van der Waals surface area contributed by atoms with Gasteiger partial charge in [-0.05, 0) is 48.4 Å². The highest BCUT2D eigenvalue weighted by molar-refractivity contribution is 5.90. The van der Waals surface area contributed by atoms with E-state index in [1.165, 1.54) is 0 Å². The smallest absolute Gasteiger partial charge is 0.408 e. The lowest BCUT2D eigenvalue weighted by atomic mass is 9.84. The summed E-state index contributed by atoms with van der Waals surface area (Å²) >= 11 is 0. The summed E-state index contributed by atoms with van der Waals surface area (Å²) in [5.74, 6) is -1.23. The first-order chi connectivity index (χ1) is 16.2. The molecule has 2 aromatic rings. The van der Waals surface area contributed by atoms with Crippen LogP contribution in [0.15, 0.2) is 48.5 Å². The molecule has 0 aromatic heterocycles. The normalized spacial score (nSPS) is 20.9. The lowest BCUT2D eigenvalue weighted by Crippen LogP contribution is -2.57. The number of carboxylic acid groups (broad SMARTS) is 1. The van der Waals surface area contributed by atoms with E-state index in [0.717, 1.165) is 22.3 Å². The number of fused-ring (bicyclic) bond motifs is 3. The van der Waals surface area contributed by atoms with Gasteiger partial charge in [-0.25, -0.2) is 4.79 Å². The predicted molar refractivity (Wildman–Crippen MR) is 128 cm³/mol. The maximum atomic E-state index is 13.3. The van der Waals surface area contributed by atoms with Crippen LogP contribution in [0.5, 0.6) is 0 Å². The first-order valence-corrected chi connectivity index (χ1v) is 11.9. The topological polar surface area (TPSA) is 95.9 Å². The molecular formula is C27H32N2O5. The fourth-order valence-electron chi connectivity index (χ4n) is 5.16. The van der Waals surface area contributed by atoms with E-state index in [0.29, 0.717) is 25.8 Å². The molecule has 2 amide bonds. The molecule has 0 saturated carbocycles. The average Bonchev–Trinajstić information content (AvgIpc) is 3.43. The number of alkyl carbamates (subject to hydrolysis) is 1. The van der Waals surface area contributed by atoms with Gasteiger partial charge in [0, 0.05) is 19.0 Å². The van der Waals surface area contributed by atoms with Crippen LogP contribution in [0.2, 0.25) is 0 Å². The van der Waals surface area contributed by atoms with Gasteiger partial charge in [0.25, 0.3) is 0 Å². The quantitative estimate of drug-likeness (QED) is 0.633. The summed E-state index contributed by atoms with van der Waals surface area (Å²) in [5.41, 5.74) is 2.43. The van der Waals surface area contributed by atoms with E-state index in [-0.39, 0.29) is 25.0 Å². The van der Waals surface area contributed by atoms with Crippen molar-refractivity contribution in [3.8, 4) is 11.1 Å². The Morgan fingerprint density at radius 3 is 2.18 bits per heavy atom. The van der Waals surface area contributed by atoms with E-state index in [9.17, 15) is 19.5 Å². The molecule has 1 saturated heterocycles. The third-order valence-corrected chi connectivity index (χ3v) is 7.67. The number of carbonyl (C=O) groups is 3. The summed E-state index contributed by atoms with van der Waals surface area (Å²) in [6.45, 7) is 6.00. The second kappa shape index (κ2) is 9.12. The average molecular weight is 465 g/mol. The molecule has 1 heterocycles. The van der Waals surface area contributed by atoms with E-state index < -0.39 is 23.0 Å². The van der Waals surface area contributed by atoms with Gasteiger partial charge < -0.3 is 20.1 Å².